The number of rotatable bonds is 3. The van der Waals surface area contributed by atoms with Crippen molar-refractivity contribution in [1.82, 2.24) is 0 Å². The predicted octanol–water partition coefficient (Wildman–Crippen LogP) is 6.14. The maximum absolute atomic E-state index is 14.4. The summed E-state index contributed by atoms with van der Waals surface area (Å²) in [6, 6.07) is 30.7. The molecule has 0 spiro atoms. The molecule has 1 atom stereocenters. The summed E-state index contributed by atoms with van der Waals surface area (Å²) in [5.74, 6) is -0.647. The van der Waals surface area contributed by atoms with Crippen LogP contribution in [0.15, 0.2) is 103 Å². The van der Waals surface area contributed by atoms with E-state index in [1.54, 1.807) is 24.3 Å². The predicted molar refractivity (Wildman–Crippen MR) is 117 cm³/mol. The van der Waals surface area contributed by atoms with Gasteiger partial charge in [0.15, 0.2) is 0 Å². The Bertz CT molecular complexity index is 1250. The van der Waals surface area contributed by atoms with Gasteiger partial charge in [-0.25, -0.2) is 8.78 Å². The summed E-state index contributed by atoms with van der Waals surface area (Å²) in [5, 5.41) is 0. The van der Waals surface area contributed by atoms with Crippen molar-refractivity contribution < 1.29 is 8.78 Å². The van der Waals surface area contributed by atoms with Crippen LogP contribution in [0.2, 0.25) is 0 Å². The Labute approximate surface area is 174 Å². The Morgan fingerprint density at radius 2 is 1.17 bits per heavy atom. The average Bonchev–Trinajstić information content (AvgIpc) is 3.04. The quantitative estimate of drug-likeness (QED) is 0.443. The molecule has 0 radical (unpaired) electrons. The Morgan fingerprint density at radius 1 is 0.600 bits per heavy atom. The van der Waals surface area contributed by atoms with E-state index in [-0.39, 0.29) is 11.6 Å². The average molecular weight is 395 g/mol. The molecule has 2 N–H and O–H groups in total. The lowest BCUT2D eigenvalue weighted by atomic mass is 9.77. The topological polar surface area (TPSA) is 26.0 Å². The third kappa shape index (κ3) is 2.78. The summed E-state index contributed by atoms with van der Waals surface area (Å²) >= 11 is 0. The molecule has 0 fully saturated rings. The molecule has 3 heteroatoms. The Morgan fingerprint density at radius 3 is 1.80 bits per heavy atom. The number of hydrogen-bond donors (Lipinski definition) is 1. The highest BCUT2D eigenvalue weighted by atomic mass is 19.1. The molecular weight excluding hydrogens is 376 g/mol. The smallest absolute Gasteiger partial charge is 0.123 e. The second kappa shape index (κ2) is 7.05. The number of hydrogen-bond acceptors (Lipinski definition) is 1. The Balaban J connectivity index is 1.92. The van der Waals surface area contributed by atoms with Gasteiger partial charge in [-0.2, -0.15) is 0 Å². The summed E-state index contributed by atoms with van der Waals surface area (Å²) in [4.78, 5) is 0. The van der Waals surface area contributed by atoms with Crippen molar-refractivity contribution in [2.24, 2.45) is 5.73 Å². The summed E-state index contributed by atoms with van der Waals surface area (Å²) in [6.07, 6.45) is 0. The maximum Gasteiger partial charge on any atom is 0.123 e. The van der Waals surface area contributed by atoms with Crippen LogP contribution in [-0.4, -0.2) is 0 Å². The monoisotopic (exact) mass is 395 g/mol. The maximum atomic E-state index is 14.4. The molecule has 146 valence electrons. The summed E-state index contributed by atoms with van der Waals surface area (Å²) in [5.41, 5.74) is 12.1. The SMILES string of the molecule is NC1(c2ccc(F)cc2)C(c2ccccc2)=C(c2ccccc2)c2cc(F)ccc21. The van der Waals surface area contributed by atoms with Gasteiger partial charge in [0, 0.05) is 0 Å². The van der Waals surface area contributed by atoms with Crippen LogP contribution in [-0.2, 0) is 5.54 Å². The number of halogens is 2. The standard InChI is InChI=1S/C27H19F2N/c28-21-13-11-20(12-14-21)27(30)24-16-15-22(29)17-23(24)25(18-7-3-1-4-8-18)26(27)19-9-5-2-6-10-19/h1-17H,30H2. The van der Waals surface area contributed by atoms with Crippen LogP contribution in [0, 0.1) is 11.6 Å². The van der Waals surface area contributed by atoms with Crippen molar-refractivity contribution in [3.05, 3.63) is 143 Å². The molecule has 1 unspecified atom stereocenters. The van der Waals surface area contributed by atoms with Crippen molar-refractivity contribution in [3.63, 3.8) is 0 Å². The normalized spacial score (nSPS) is 17.8. The zero-order valence-corrected chi connectivity index (χ0v) is 16.1. The zero-order chi connectivity index (χ0) is 20.7. The van der Waals surface area contributed by atoms with Crippen LogP contribution in [0.3, 0.4) is 0 Å². The molecule has 1 aliphatic rings. The molecular formula is C27H19F2N. The van der Waals surface area contributed by atoms with Gasteiger partial charge in [0.2, 0.25) is 0 Å². The fourth-order valence-corrected chi connectivity index (χ4v) is 4.43. The van der Waals surface area contributed by atoms with Crippen LogP contribution in [0.25, 0.3) is 11.1 Å². The van der Waals surface area contributed by atoms with Gasteiger partial charge in [0.05, 0.1) is 5.54 Å². The second-order valence-corrected chi connectivity index (χ2v) is 7.49. The fraction of sp³-hybridized carbons (Fsp3) is 0.0370. The van der Waals surface area contributed by atoms with Crippen LogP contribution >= 0.6 is 0 Å². The molecule has 0 heterocycles. The van der Waals surface area contributed by atoms with E-state index in [9.17, 15) is 8.78 Å². The van der Waals surface area contributed by atoms with E-state index in [0.29, 0.717) is 0 Å². The number of nitrogens with two attached hydrogens (primary N) is 1. The minimum absolute atomic E-state index is 0.321. The van der Waals surface area contributed by atoms with Gasteiger partial charge in [-0.05, 0) is 63.2 Å². The van der Waals surface area contributed by atoms with Gasteiger partial charge in [0.25, 0.3) is 0 Å². The largest absolute Gasteiger partial charge is 0.314 e. The third-order valence-electron chi connectivity index (χ3n) is 5.74. The van der Waals surface area contributed by atoms with Crippen molar-refractivity contribution in [2.45, 2.75) is 5.54 Å². The Kier molecular flexibility index (Phi) is 4.34. The molecule has 30 heavy (non-hydrogen) atoms. The highest BCUT2D eigenvalue weighted by Gasteiger charge is 2.44. The molecule has 0 saturated heterocycles. The van der Waals surface area contributed by atoms with Crippen LogP contribution < -0.4 is 5.73 Å². The van der Waals surface area contributed by atoms with E-state index in [4.69, 9.17) is 5.73 Å². The molecule has 1 nitrogen and oxygen atoms in total. The third-order valence-corrected chi connectivity index (χ3v) is 5.74. The molecule has 1 aliphatic carbocycles. The molecule has 5 rings (SSSR count). The van der Waals surface area contributed by atoms with Crippen LogP contribution in [0.1, 0.15) is 27.8 Å². The minimum atomic E-state index is -1.05. The molecule has 0 amide bonds. The van der Waals surface area contributed by atoms with Crippen LogP contribution in [0.5, 0.6) is 0 Å². The van der Waals surface area contributed by atoms with Crippen molar-refractivity contribution in [2.75, 3.05) is 0 Å². The van der Waals surface area contributed by atoms with Gasteiger partial charge in [-0.15, -0.1) is 0 Å². The lowest BCUT2D eigenvalue weighted by Gasteiger charge is -2.31. The summed E-state index contributed by atoms with van der Waals surface area (Å²) < 4.78 is 28.1. The van der Waals surface area contributed by atoms with Crippen LogP contribution in [0.4, 0.5) is 8.78 Å². The first-order chi connectivity index (χ1) is 14.6. The number of benzene rings is 4. The van der Waals surface area contributed by atoms with Crippen molar-refractivity contribution >= 4 is 11.1 Å². The van der Waals surface area contributed by atoms with Gasteiger partial charge in [-0.1, -0.05) is 78.9 Å². The zero-order valence-electron chi connectivity index (χ0n) is 16.1. The molecule has 0 bridgehead atoms. The van der Waals surface area contributed by atoms with E-state index in [2.05, 4.69) is 0 Å². The molecule has 0 aromatic heterocycles. The van der Waals surface area contributed by atoms with E-state index in [1.807, 2.05) is 60.7 Å². The molecule has 4 aromatic carbocycles. The second-order valence-electron chi connectivity index (χ2n) is 7.49. The van der Waals surface area contributed by atoms with E-state index in [0.717, 1.165) is 39.0 Å². The van der Waals surface area contributed by atoms with Gasteiger partial charge in [0.1, 0.15) is 11.6 Å². The first-order valence-electron chi connectivity index (χ1n) is 9.80. The lowest BCUT2D eigenvalue weighted by molar-refractivity contribution is 0.620. The highest BCUT2D eigenvalue weighted by molar-refractivity contribution is 6.08. The molecule has 4 aromatic rings. The molecule has 0 aliphatic heterocycles. The van der Waals surface area contributed by atoms with Gasteiger partial charge < -0.3 is 5.73 Å². The van der Waals surface area contributed by atoms with E-state index < -0.39 is 5.54 Å². The number of fused-ring (bicyclic) bond motifs is 1. The van der Waals surface area contributed by atoms with E-state index in [1.165, 1.54) is 18.2 Å². The molecule has 0 saturated carbocycles. The highest BCUT2D eigenvalue weighted by Crippen LogP contribution is 2.53. The fourth-order valence-electron chi connectivity index (χ4n) is 4.43. The minimum Gasteiger partial charge on any atom is -0.314 e. The lowest BCUT2D eigenvalue weighted by Crippen LogP contribution is -2.37. The first-order valence-corrected chi connectivity index (χ1v) is 9.80. The Hall–Kier alpha value is -3.56. The first kappa shape index (κ1) is 18.5. The van der Waals surface area contributed by atoms with Crippen molar-refractivity contribution in [3.8, 4) is 0 Å². The summed E-state index contributed by atoms with van der Waals surface area (Å²) in [6.45, 7) is 0. The van der Waals surface area contributed by atoms with Gasteiger partial charge >= 0.3 is 0 Å². The van der Waals surface area contributed by atoms with Crippen molar-refractivity contribution in [1.29, 1.82) is 0 Å². The summed E-state index contributed by atoms with van der Waals surface area (Å²) in [7, 11) is 0. The van der Waals surface area contributed by atoms with Gasteiger partial charge in [-0.3, -0.25) is 0 Å². The van der Waals surface area contributed by atoms with E-state index >= 15 is 0 Å².